The number of nitrogen functional groups attached to an aromatic ring is 1. The largest absolute Gasteiger partial charge is 0.384 e. The van der Waals surface area contributed by atoms with Crippen molar-refractivity contribution in [2.75, 3.05) is 6.61 Å². The van der Waals surface area contributed by atoms with Crippen LogP contribution < -0.4 is 5.73 Å². The molecule has 0 aliphatic heterocycles. The molecule has 3 nitrogen and oxygen atoms in total. The van der Waals surface area contributed by atoms with E-state index < -0.39 is 0 Å². The van der Waals surface area contributed by atoms with Crippen molar-refractivity contribution in [3.63, 3.8) is 0 Å². The molecule has 0 aliphatic carbocycles. The van der Waals surface area contributed by atoms with Gasteiger partial charge in [-0.25, -0.2) is 4.39 Å². The van der Waals surface area contributed by atoms with Crippen LogP contribution in [0.25, 0.3) is 0 Å². The van der Waals surface area contributed by atoms with Crippen molar-refractivity contribution >= 4 is 5.84 Å². The second-order valence-electron chi connectivity index (χ2n) is 4.68. The second-order valence-corrected chi connectivity index (χ2v) is 4.68. The van der Waals surface area contributed by atoms with Crippen molar-refractivity contribution in [2.24, 2.45) is 5.73 Å². The van der Waals surface area contributed by atoms with Gasteiger partial charge in [-0.3, -0.25) is 5.41 Å². The quantitative estimate of drug-likeness (QED) is 0.407. The lowest BCUT2D eigenvalue weighted by molar-refractivity contribution is 0.116. The molecule has 19 heavy (non-hydrogen) atoms. The van der Waals surface area contributed by atoms with E-state index in [9.17, 15) is 4.39 Å². The van der Waals surface area contributed by atoms with Crippen molar-refractivity contribution in [3.8, 4) is 0 Å². The molecule has 0 spiro atoms. The highest BCUT2D eigenvalue weighted by Crippen LogP contribution is 2.12. The fraction of sp³-hybridized carbons (Fsp3) is 0.533. The summed E-state index contributed by atoms with van der Waals surface area (Å²) in [5.41, 5.74) is 6.62. The van der Waals surface area contributed by atoms with Gasteiger partial charge < -0.3 is 10.5 Å². The smallest absolute Gasteiger partial charge is 0.123 e. The van der Waals surface area contributed by atoms with E-state index in [0.29, 0.717) is 18.8 Å². The van der Waals surface area contributed by atoms with Gasteiger partial charge in [0.05, 0.1) is 6.61 Å². The van der Waals surface area contributed by atoms with Gasteiger partial charge in [-0.2, -0.15) is 0 Å². The van der Waals surface area contributed by atoms with Gasteiger partial charge in [-0.15, -0.1) is 0 Å². The Labute approximate surface area is 114 Å². The number of amidine groups is 1. The monoisotopic (exact) mass is 266 g/mol. The van der Waals surface area contributed by atoms with E-state index in [1.54, 1.807) is 6.07 Å². The summed E-state index contributed by atoms with van der Waals surface area (Å²) in [4.78, 5) is 0. The third-order valence-corrected chi connectivity index (χ3v) is 3.01. The van der Waals surface area contributed by atoms with Gasteiger partial charge in [0.2, 0.25) is 0 Å². The summed E-state index contributed by atoms with van der Waals surface area (Å²) in [7, 11) is 0. The Bertz CT molecular complexity index is 407. The zero-order chi connectivity index (χ0) is 14.1. The second kappa shape index (κ2) is 8.64. The molecule has 0 bridgehead atoms. The highest BCUT2D eigenvalue weighted by molar-refractivity contribution is 5.96. The van der Waals surface area contributed by atoms with Crippen molar-refractivity contribution in [1.82, 2.24) is 0 Å². The minimum atomic E-state index is -0.381. The Morgan fingerprint density at radius 2 is 2.00 bits per heavy atom. The summed E-state index contributed by atoms with van der Waals surface area (Å²) in [6.45, 7) is 3.26. The van der Waals surface area contributed by atoms with E-state index in [1.165, 1.54) is 37.8 Å². The standard InChI is InChI=1S/C15H23FN2O/c1-2-3-4-5-6-9-19-11-12-7-8-13(16)10-14(12)15(17)18/h7-8,10H,2-6,9,11H2,1H3,(H3,17,18). The molecule has 0 saturated carbocycles. The number of nitrogens with two attached hydrogens (primary N) is 1. The summed E-state index contributed by atoms with van der Waals surface area (Å²) in [6.07, 6.45) is 5.97. The van der Waals surface area contributed by atoms with E-state index >= 15 is 0 Å². The number of unbranched alkanes of at least 4 members (excludes halogenated alkanes) is 4. The maximum absolute atomic E-state index is 13.1. The Morgan fingerprint density at radius 1 is 1.26 bits per heavy atom. The third kappa shape index (κ3) is 5.83. The lowest BCUT2D eigenvalue weighted by atomic mass is 10.1. The number of hydrogen-bond acceptors (Lipinski definition) is 2. The molecule has 0 saturated heterocycles. The fourth-order valence-corrected chi connectivity index (χ4v) is 1.92. The van der Waals surface area contributed by atoms with Crippen LogP contribution in [-0.4, -0.2) is 12.4 Å². The minimum Gasteiger partial charge on any atom is -0.384 e. The molecular formula is C15H23FN2O. The molecule has 0 fully saturated rings. The average molecular weight is 266 g/mol. The van der Waals surface area contributed by atoms with Crippen LogP contribution in [-0.2, 0) is 11.3 Å². The van der Waals surface area contributed by atoms with Crippen molar-refractivity contribution in [2.45, 2.75) is 45.6 Å². The van der Waals surface area contributed by atoms with Crippen molar-refractivity contribution in [3.05, 3.63) is 35.1 Å². The van der Waals surface area contributed by atoms with E-state index in [0.717, 1.165) is 12.0 Å². The SMILES string of the molecule is CCCCCCCOCc1ccc(F)cc1C(=N)N. The molecule has 0 heterocycles. The molecule has 0 radical (unpaired) electrons. The van der Waals surface area contributed by atoms with Crippen LogP contribution in [0.2, 0.25) is 0 Å². The van der Waals surface area contributed by atoms with Gasteiger partial charge in [0.25, 0.3) is 0 Å². The van der Waals surface area contributed by atoms with Crippen LogP contribution >= 0.6 is 0 Å². The Kier molecular flexibility index (Phi) is 7.11. The van der Waals surface area contributed by atoms with Gasteiger partial charge in [-0.05, 0) is 24.1 Å². The molecule has 0 aromatic heterocycles. The molecular weight excluding hydrogens is 243 g/mol. The average Bonchev–Trinajstić information content (AvgIpc) is 2.39. The number of nitrogens with one attached hydrogen (secondary N) is 1. The molecule has 1 aromatic rings. The van der Waals surface area contributed by atoms with Crippen LogP contribution in [0.3, 0.4) is 0 Å². The van der Waals surface area contributed by atoms with Gasteiger partial charge in [0.1, 0.15) is 11.7 Å². The number of benzene rings is 1. The number of hydrogen-bond donors (Lipinski definition) is 2. The molecule has 0 amide bonds. The Morgan fingerprint density at radius 3 is 2.68 bits per heavy atom. The number of rotatable bonds is 9. The first-order chi connectivity index (χ1) is 9.15. The molecule has 4 heteroatoms. The van der Waals surface area contributed by atoms with Crippen LogP contribution in [0.5, 0.6) is 0 Å². The summed E-state index contributed by atoms with van der Waals surface area (Å²) in [5.74, 6) is -0.505. The fourth-order valence-electron chi connectivity index (χ4n) is 1.92. The highest BCUT2D eigenvalue weighted by atomic mass is 19.1. The van der Waals surface area contributed by atoms with E-state index in [-0.39, 0.29) is 11.7 Å². The van der Waals surface area contributed by atoms with Gasteiger partial charge in [-0.1, -0.05) is 38.7 Å². The van der Waals surface area contributed by atoms with Crippen molar-refractivity contribution in [1.29, 1.82) is 5.41 Å². The third-order valence-electron chi connectivity index (χ3n) is 3.01. The topological polar surface area (TPSA) is 59.1 Å². The Hall–Kier alpha value is -1.42. The van der Waals surface area contributed by atoms with E-state index in [4.69, 9.17) is 15.9 Å². The summed E-state index contributed by atoms with van der Waals surface area (Å²) in [6, 6.07) is 4.28. The lowest BCUT2D eigenvalue weighted by Gasteiger charge is -2.09. The first-order valence-electron chi connectivity index (χ1n) is 6.85. The van der Waals surface area contributed by atoms with Gasteiger partial charge in [0.15, 0.2) is 0 Å². The highest BCUT2D eigenvalue weighted by Gasteiger charge is 2.07. The zero-order valence-electron chi connectivity index (χ0n) is 11.5. The molecule has 0 aliphatic rings. The number of halogens is 1. The van der Waals surface area contributed by atoms with Crippen LogP contribution in [0.1, 0.15) is 50.2 Å². The van der Waals surface area contributed by atoms with Crippen LogP contribution in [0.15, 0.2) is 18.2 Å². The van der Waals surface area contributed by atoms with E-state index in [1.807, 2.05) is 0 Å². The van der Waals surface area contributed by atoms with Crippen LogP contribution in [0.4, 0.5) is 4.39 Å². The normalized spacial score (nSPS) is 10.6. The summed E-state index contributed by atoms with van der Waals surface area (Å²) >= 11 is 0. The minimum absolute atomic E-state index is 0.124. The molecule has 1 rings (SSSR count). The predicted molar refractivity (Wildman–Crippen MR) is 75.8 cm³/mol. The van der Waals surface area contributed by atoms with Gasteiger partial charge in [0, 0.05) is 12.2 Å². The zero-order valence-corrected chi connectivity index (χ0v) is 11.5. The van der Waals surface area contributed by atoms with Gasteiger partial charge >= 0.3 is 0 Å². The summed E-state index contributed by atoms with van der Waals surface area (Å²) in [5, 5.41) is 7.42. The molecule has 1 aromatic carbocycles. The van der Waals surface area contributed by atoms with E-state index in [2.05, 4.69) is 6.92 Å². The maximum Gasteiger partial charge on any atom is 0.123 e. The Balaban J connectivity index is 2.35. The first kappa shape index (κ1) is 15.6. The molecule has 106 valence electrons. The predicted octanol–water partition coefficient (Wildman–Crippen LogP) is 3.60. The molecule has 3 N–H and O–H groups in total. The molecule has 0 unspecified atom stereocenters. The van der Waals surface area contributed by atoms with Crippen molar-refractivity contribution < 1.29 is 9.13 Å². The number of ether oxygens (including phenoxy) is 1. The maximum atomic E-state index is 13.1. The molecule has 0 atom stereocenters. The first-order valence-corrected chi connectivity index (χ1v) is 6.85. The van der Waals surface area contributed by atoms with Crippen LogP contribution in [0, 0.1) is 11.2 Å². The lowest BCUT2D eigenvalue weighted by Crippen LogP contribution is -2.15. The summed E-state index contributed by atoms with van der Waals surface area (Å²) < 4.78 is 18.6.